The van der Waals surface area contributed by atoms with E-state index in [2.05, 4.69) is 12.2 Å². The van der Waals surface area contributed by atoms with Crippen LogP contribution in [0.1, 0.15) is 40.0 Å². The number of piperazine rings is 1. The van der Waals surface area contributed by atoms with Gasteiger partial charge >= 0.3 is 0 Å². The summed E-state index contributed by atoms with van der Waals surface area (Å²) in [5, 5.41) is 2.96. The van der Waals surface area contributed by atoms with Gasteiger partial charge in [0.25, 0.3) is 0 Å². The average Bonchev–Trinajstić information content (AvgIpc) is 3.16. The van der Waals surface area contributed by atoms with Crippen LogP contribution in [0, 0.1) is 17.8 Å². The van der Waals surface area contributed by atoms with Gasteiger partial charge in [-0.3, -0.25) is 9.59 Å². The smallest absolute Gasteiger partial charge is 0.246 e. The van der Waals surface area contributed by atoms with Gasteiger partial charge in [-0.05, 0) is 37.0 Å². The largest absolute Gasteiger partial charge is 0.342 e. The van der Waals surface area contributed by atoms with Crippen LogP contribution in [0.2, 0.25) is 0 Å². The molecule has 0 bridgehead atoms. The van der Waals surface area contributed by atoms with Gasteiger partial charge in [-0.1, -0.05) is 20.8 Å². The van der Waals surface area contributed by atoms with Gasteiger partial charge in [0.1, 0.15) is 12.1 Å². The molecule has 4 nitrogen and oxygen atoms in total. The molecule has 1 N–H and O–H groups in total. The molecule has 0 aromatic carbocycles. The molecule has 18 heavy (non-hydrogen) atoms. The molecule has 0 radical (unpaired) electrons. The van der Waals surface area contributed by atoms with E-state index in [1.54, 1.807) is 0 Å². The van der Waals surface area contributed by atoms with Crippen LogP contribution in [0.4, 0.5) is 0 Å². The molecule has 100 valence electrons. The minimum atomic E-state index is -0.262. The van der Waals surface area contributed by atoms with E-state index in [1.807, 2.05) is 18.7 Å². The average molecular weight is 250 g/mol. The normalized spacial score (nSPS) is 40.1. The second-order valence-corrected chi connectivity index (χ2v) is 6.54. The summed E-state index contributed by atoms with van der Waals surface area (Å²) in [5.41, 5.74) is 0. The van der Waals surface area contributed by atoms with E-state index >= 15 is 0 Å². The lowest BCUT2D eigenvalue weighted by Gasteiger charge is -2.41. The maximum Gasteiger partial charge on any atom is 0.246 e. The quantitative estimate of drug-likeness (QED) is 0.817. The molecule has 0 spiro atoms. The van der Waals surface area contributed by atoms with Gasteiger partial charge in [0.2, 0.25) is 11.8 Å². The minimum Gasteiger partial charge on any atom is -0.342 e. The monoisotopic (exact) mass is 250 g/mol. The van der Waals surface area contributed by atoms with Crippen molar-refractivity contribution in [3.63, 3.8) is 0 Å². The Morgan fingerprint density at radius 3 is 2.33 bits per heavy atom. The van der Waals surface area contributed by atoms with E-state index in [9.17, 15) is 9.59 Å². The highest BCUT2D eigenvalue weighted by atomic mass is 16.2. The van der Waals surface area contributed by atoms with Gasteiger partial charge < -0.3 is 10.2 Å². The SMILES string of the molecule is CC(C)C1C(=O)NC(C2CC2)C(=O)N1C1CC1C. The third-order valence-electron chi connectivity index (χ3n) is 4.54. The standard InChI is InChI=1S/C14H22N2O2/c1-7(2)12-13(17)15-11(9-4-5-9)14(18)16(12)10-6-8(10)3/h7-12H,4-6H2,1-3H3,(H,15,17). The van der Waals surface area contributed by atoms with E-state index in [1.165, 1.54) is 0 Å². The zero-order chi connectivity index (χ0) is 13.0. The van der Waals surface area contributed by atoms with Gasteiger partial charge in [-0.2, -0.15) is 0 Å². The Hall–Kier alpha value is -1.06. The molecule has 2 aliphatic carbocycles. The Labute approximate surface area is 108 Å². The van der Waals surface area contributed by atoms with Crippen LogP contribution in [0.5, 0.6) is 0 Å². The van der Waals surface area contributed by atoms with Gasteiger partial charge in [0.15, 0.2) is 0 Å². The predicted molar refractivity (Wildman–Crippen MR) is 67.7 cm³/mol. The molecule has 1 aliphatic heterocycles. The molecule has 4 atom stereocenters. The van der Waals surface area contributed by atoms with Crippen molar-refractivity contribution in [3.8, 4) is 0 Å². The Morgan fingerprint density at radius 1 is 1.28 bits per heavy atom. The summed E-state index contributed by atoms with van der Waals surface area (Å²) in [6.45, 7) is 6.21. The van der Waals surface area contributed by atoms with Gasteiger partial charge in [-0.15, -0.1) is 0 Å². The van der Waals surface area contributed by atoms with Crippen LogP contribution in [0.3, 0.4) is 0 Å². The number of nitrogens with zero attached hydrogens (tertiary/aromatic N) is 1. The second kappa shape index (κ2) is 3.97. The van der Waals surface area contributed by atoms with Crippen molar-refractivity contribution in [2.45, 2.75) is 58.2 Å². The van der Waals surface area contributed by atoms with Crippen LogP contribution in [-0.2, 0) is 9.59 Å². The van der Waals surface area contributed by atoms with Crippen molar-refractivity contribution in [1.29, 1.82) is 0 Å². The highest BCUT2D eigenvalue weighted by Crippen LogP contribution is 2.42. The molecular weight excluding hydrogens is 228 g/mol. The summed E-state index contributed by atoms with van der Waals surface area (Å²) in [4.78, 5) is 26.8. The number of nitrogens with one attached hydrogen (secondary N) is 1. The molecule has 0 aromatic heterocycles. The van der Waals surface area contributed by atoms with Gasteiger partial charge in [-0.25, -0.2) is 0 Å². The van der Waals surface area contributed by atoms with Crippen LogP contribution in [0.25, 0.3) is 0 Å². The Balaban J connectivity index is 1.86. The predicted octanol–water partition coefficient (Wildman–Crippen LogP) is 1.16. The summed E-state index contributed by atoms with van der Waals surface area (Å²) < 4.78 is 0. The zero-order valence-corrected chi connectivity index (χ0v) is 11.3. The van der Waals surface area contributed by atoms with Crippen LogP contribution in [-0.4, -0.2) is 34.8 Å². The van der Waals surface area contributed by atoms with Gasteiger partial charge in [0, 0.05) is 6.04 Å². The van der Waals surface area contributed by atoms with Gasteiger partial charge in [0.05, 0.1) is 0 Å². The minimum absolute atomic E-state index is 0.0561. The molecule has 4 heteroatoms. The number of hydrogen-bond acceptors (Lipinski definition) is 2. The summed E-state index contributed by atoms with van der Waals surface area (Å²) in [7, 11) is 0. The fraction of sp³-hybridized carbons (Fsp3) is 0.857. The number of carbonyl (C=O) groups is 2. The molecule has 3 rings (SSSR count). The number of amides is 2. The second-order valence-electron chi connectivity index (χ2n) is 6.54. The Morgan fingerprint density at radius 2 is 1.89 bits per heavy atom. The van der Waals surface area contributed by atoms with E-state index in [0.717, 1.165) is 19.3 Å². The molecule has 2 amide bonds. The maximum absolute atomic E-state index is 12.6. The van der Waals surface area contributed by atoms with Crippen LogP contribution < -0.4 is 5.32 Å². The fourth-order valence-corrected chi connectivity index (χ4v) is 3.16. The van der Waals surface area contributed by atoms with Crippen molar-refractivity contribution >= 4 is 11.8 Å². The van der Waals surface area contributed by atoms with E-state index < -0.39 is 0 Å². The summed E-state index contributed by atoms with van der Waals surface area (Å²) >= 11 is 0. The molecule has 1 saturated heterocycles. The molecule has 3 fully saturated rings. The Bertz CT molecular complexity index is 389. The first kappa shape index (κ1) is 12.0. The summed E-state index contributed by atoms with van der Waals surface area (Å²) in [6.07, 6.45) is 3.22. The summed E-state index contributed by atoms with van der Waals surface area (Å²) in [6, 6.07) is -0.194. The lowest BCUT2D eigenvalue weighted by molar-refractivity contribution is -0.152. The van der Waals surface area contributed by atoms with Crippen molar-refractivity contribution < 1.29 is 9.59 Å². The first-order chi connectivity index (χ1) is 8.50. The molecule has 1 heterocycles. The lowest BCUT2D eigenvalue weighted by atomic mass is 9.95. The van der Waals surface area contributed by atoms with Crippen molar-refractivity contribution in [2.75, 3.05) is 0 Å². The first-order valence-electron chi connectivity index (χ1n) is 7.13. The zero-order valence-electron chi connectivity index (χ0n) is 11.3. The topological polar surface area (TPSA) is 49.4 Å². The molecule has 2 saturated carbocycles. The van der Waals surface area contributed by atoms with E-state index in [0.29, 0.717) is 17.9 Å². The van der Waals surface area contributed by atoms with Crippen LogP contribution in [0.15, 0.2) is 0 Å². The molecule has 0 aromatic rings. The number of rotatable bonds is 3. The lowest BCUT2D eigenvalue weighted by Crippen LogP contribution is -2.66. The maximum atomic E-state index is 12.6. The number of hydrogen-bond donors (Lipinski definition) is 1. The van der Waals surface area contributed by atoms with Crippen molar-refractivity contribution in [2.24, 2.45) is 17.8 Å². The van der Waals surface area contributed by atoms with Crippen molar-refractivity contribution in [1.82, 2.24) is 10.2 Å². The highest BCUT2D eigenvalue weighted by molar-refractivity contribution is 5.97. The third-order valence-corrected chi connectivity index (χ3v) is 4.54. The molecule has 3 aliphatic rings. The number of carbonyl (C=O) groups excluding carboxylic acids is 2. The molecular formula is C14H22N2O2. The third kappa shape index (κ3) is 1.82. The van der Waals surface area contributed by atoms with Crippen LogP contribution >= 0.6 is 0 Å². The van der Waals surface area contributed by atoms with E-state index in [-0.39, 0.29) is 29.8 Å². The molecule has 4 unspecified atom stereocenters. The fourth-order valence-electron chi connectivity index (χ4n) is 3.16. The Kier molecular flexibility index (Phi) is 2.65. The van der Waals surface area contributed by atoms with E-state index in [4.69, 9.17) is 0 Å². The van der Waals surface area contributed by atoms with Crippen molar-refractivity contribution in [3.05, 3.63) is 0 Å². The summed E-state index contributed by atoms with van der Waals surface area (Å²) in [5.74, 6) is 1.36. The first-order valence-corrected chi connectivity index (χ1v) is 7.13. The highest BCUT2D eigenvalue weighted by Gasteiger charge is 2.53.